The lowest BCUT2D eigenvalue weighted by atomic mass is 10.0. The number of nitrogens with one attached hydrogen (secondary N) is 1. The second-order valence-electron chi connectivity index (χ2n) is 6.44. The Morgan fingerprint density at radius 1 is 0.900 bits per heavy atom. The highest BCUT2D eigenvalue weighted by atomic mass is 16.4. The predicted octanol–water partition coefficient (Wildman–Crippen LogP) is 5.29. The average Bonchev–Trinajstić information content (AvgIpc) is 2.89. The van der Waals surface area contributed by atoms with E-state index >= 15 is 0 Å². The zero-order chi connectivity index (χ0) is 13.9. The van der Waals surface area contributed by atoms with Crippen molar-refractivity contribution in [1.82, 2.24) is 0 Å². The molecule has 0 atom stereocenters. The number of benzene rings is 2. The number of anilines is 1. The van der Waals surface area contributed by atoms with Gasteiger partial charge in [-0.3, -0.25) is 0 Å². The van der Waals surface area contributed by atoms with Crippen LogP contribution in [0.1, 0.15) is 20.8 Å². The van der Waals surface area contributed by atoms with Gasteiger partial charge in [-0.05, 0) is 31.7 Å². The van der Waals surface area contributed by atoms with E-state index < -0.39 is 0 Å². The monoisotopic (exact) mass is 263 g/mol. The Morgan fingerprint density at radius 3 is 2.30 bits per heavy atom. The van der Waals surface area contributed by atoms with Crippen LogP contribution in [-0.2, 0) is 0 Å². The highest BCUT2D eigenvalue weighted by molar-refractivity contribution is 6.14. The summed E-state index contributed by atoms with van der Waals surface area (Å²) < 4.78 is 6.06. The normalized spacial score (nSPS) is 12.8. The second-order valence-corrected chi connectivity index (χ2v) is 6.44. The van der Waals surface area contributed by atoms with Crippen LogP contribution < -0.4 is 5.32 Å². The first-order valence-corrected chi connectivity index (χ1v) is 6.97. The van der Waals surface area contributed by atoms with Crippen molar-refractivity contribution >= 4 is 16.7 Å². The van der Waals surface area contributed by atoms with Gasteiger partial charge in [0.2, 0.25) is 0 Å². The molecule has 1 heterocycles. The first-order chi connectivity index (χ1) is 9.53. The van der Waals surface area contributed by atoms with Gasteiger partial charge >= 0.3 is 0 Å². The van der Waals surface area contributed by atoms with Crippen LogP contribution >= 0.6 is 0 Å². The van der Waals surface area contributed by atoms with E-state index in [9.17, 15) is 0 Å². The quantitative estimate of drug-likeness (QED) is 0.504. The van der Waals surface area contributed by atoms with Gasteiger partial charge < -0.3 is 9.73 Å². The van der Waals surface area contributed by atoms with Crippen LogP contribution in [0.2, 0.25) is 0 Å². The third-order valence-corrected chi connectivity index (χ3v) is 3.67. The summed E-state index contributed by atoms with van der Waals surface area (Å²) in [5.41, 5.74) is 3.68. The first-order valence-electron chi connectivity index (χ1n) is 6.97. The molecule has 1 N–H and O–H groups in total. The number of rotatable bonds is 1. The Labute approximate surface area is 118 Å². The third-order valence-electron chi connectivity index (χ3n) is 3.67. The standard InChI is InChI=1S/C18H17NO/c1-18(2,3)19-15-10-14-12-8-4-6-11-7-5-9-13(16(11)12)17(14)20-15/h4-10,19H,1-3H3. The molecular formula is C18H17NO. The van der Waals surface area contributed by atoms with Crippen molar-refractivity contribution in [3.8, 4) is 22.5 Å². The minimum absolute atomic E-state index is 0.00286. The Balaban J connectivity index is 1.93. The Morgan fingerprint density at radius 2 is 1.60 bits per heavy atom. The van der Waals surface area contributed by atoms with Crippen molar-refractivity contribution in [2.45, 2.75) is 26.3 Å². The largest absolute Gasteiger partial charge is 0.440 e. The molecule has 2 heteroatoms. The lowest BCUT2D eigenvalue weighted by molar-refractivity contribution is 0.549. The topological polar surface area (TPSA) is 25.2 Å². The molecule has 1 aliphatic rings. The fourth-order valence-corrected chi connectivity index (χ4v) is 2.98. The van der Waals surface area contributed by atoms with Gasteiger partial charge in [-0.2, -0.15) is 0 Å². The predicted molar refractivity (Wildman–Crippen MR) is 84.0 cm³/mol. The SMILES string of the molecule is CC(C)(C)Nc1cc2c(o1)-c1cccc3cccc-2c13. The molecule has 0 unspecified atom stereocenters. The molecule has 0 spiro atoms. The van der Waals surface area contributed by atoms with Crippen molar-refractivity contribution in [1.29, 1.82) is 0 Å². The molecule has 0 saturated carbocycles. The second kappa shape index (κ2) is 3.66. The minimum atomic E-state index is -0.00286. The van der Waals surface area contributed by atoms with Gasteiger partial charge in [-0.15, -0.1) is 0 Å². The summed E-state index contributed by atoms with van der Waals surface area (Å²) in [7, 11) is 0. The van der Waals surface area contributed by atoms with Gasteiger partial charge in [-0.1, -0.05) is 36.4 Å². The molecule has 1 aromatic heterocycles. The van der Waals surface area contributed by atoms with Gasteiger partial charge in [-0.25, -0.2) is 0 Å². The van der Waals surface area contributed by atoms with E-state index in [0.717, 1.165) is 11.6 Å². The molecule has 0 aliphatic heterocycles. The van der Waals surface area contributed by atoms with E-state index in [0.29, 0.717) is 0 Å². The first kappa shape index (κ1) is 11.6. The molecular weight excluding hydrogens is 246 g/mol. The van der Waals surface area contributed by atoms with Crippen molar-refractivity contribution in [2.75, 3.05) is 5.32 Å². The fraction of sp³-hybridized carbons (Fsp3) is 0.222. The molecule has 20 heavy (non-hydrogen) atoms. The highest BCUT2D eigenvalue weighted by Gasteiger charge is 2.26. The molecule has 3 aromatic rings. The summed E-state index contributed by atoms with van der Waals surface area (Å²) >= 11 is 0. The highest BCUT2D eigenvalue weighted by Crippen LogP contribution is 2.49. The molecule has 0 radical (unpaired) electrons. The van der Waals surface area contributed by atoms with E-state index in [1.165, 1.54) is 27.5 Å². The van der Waals surface area contributed by atoms with Crippen LogP contribution in [0.4, 0.5) is 5.88 Å². The van der Waals surface area contributed by atoms with E-state index in [-0.39, 0.29) is 5.54 Å². The summed E-state index contributed by atoms with van der Waals surface area (Å²) in [5, 5.41) is 5.99. The Kier molecular flexibility index (Phi) is 2.12. The molecule has 1 aliphatic carbocycles. The summed E-state index contributed by atoms with van der Waals surface area (Å²) in [6.45, 7) is 6.40. The number of hydrogen-bond acceptors (Lipinski definition) is 2. The number of hydrogen-bond donors (Lipinski definition) is 1. The molecule has 4 rings (SSSR count). The third kappa shape index (κ3) is 1.58. The summed E-state index contributed by atoms with van der Waals surface area (Å²) in [6, 6.07) is 15.0. The van der Waals surface area contributed by atoms with Gasteiger partial charge in [0, 0.05) is 28.1 Å². The van der Waals surface area contributed by atoms with Gasteiger partial charge in [0.15, 0.2) is 5.88 Å². The van der Waals surface area contributed by atoms with Crippen molar-refractivity contribution in [2.24, 2.45) is 0 Å². The maximum absolute atomic E-state index is 6.06. The van der Waals surface area contributed by atoms with Crippen LogP contribution in [0.25, 0.3) is 33.2 Å². The van der Waals surface area contributed by atoms with Crippen LogP contribution in [0.5, 0.6) is 0 Å². The Hall–Kier alpha value is -2.22. The number of fused-ring (bicyclic) bond motifs is 3. The van der Waals surface area contributed by atoms with Crippen LogP contribution in [-0.4, -0.2) is 5.54 Å². The molecule has 100 valence electrons. The summed E-state index contributed by atoms with van der Waals surface area (Å²) in [4.78, 5) is 0. The number of furan rings is 1. The lowest BCUT2D eigenvalue weighted by Crippen LogP contribution is -2.25. The van der Waals surface area contributed by atoms with Gasteiger partial charge in [0.1, 0.15) is 5.76 Å². The maximum Gasteiger partial charge on any atom is 0.194 e. The summed E-state index contributed by atoms with van der Waals surface area (Å²) in [6.07, 6.45) is 0. The van der Waals surface area contributed by atoms with E-state index in [2.05, 4.69) is 68.6 Å². The summed E-state index contributed by atoms with van der Waals surface area (Å²) in [5.74, 6) is 1.83. The molecule has 2 aromatic carbocycles. The molecule has 0 fully saturated rings. The van der Waals surface area contributed by atoms with Gasteiger partial charge in [0.25, 0.3) is 0 Å². The molecule has 0 amide bonds. The van der Waals surface area contributed by atoms with Crippen molar-refractivity contribution in [3.05, 3.63) is 42.5 Å². The van der Waals surface area contributed by atoms with Crippen LogP contribution in [0.3, 0.4) is 0 Å². The fourth-order valence-electron chi connectivity index (χ4n) is 2.98. The van der Waals surface area contributed by atoms with E-state index in [1.807, 2.05) is 0 Å². The zero-order valence-electron chi connectivity index (χ0n) is 11.9. The molecule has 2 nitrogen and oxygen atoms in total. The average molecular weight is 263 g/mol. The lowest BCUT2D eigenvalue weighted by Gasteiger charge is -2.19. The van der Waals surface area contributed by atoms with Crippen LogP contribution in [0.15, 0.2) is 46.9 Å². The minimum Gasteiger partial charge on any atom is -0.440 e. The maximum atomic E-state index is 6.06. The molecule has 0 bridgehead atoms. The molecule has 0 saturated heterocycles. The van der Waals surface area contributed by atoms with Crippen molar-refractivity contribution < 1.29 is 4.42 Å². The Bertz CT molecular complexity index is 765. The van der Waals surface area contributed by atoms with E-state index in [1.54, 1.807) is 0 Å². The van der Waals surface area contributed by atoms with Gasteiger partial charge in [0.05, 0.1) is 0 Å². The zero-order valence-corrected chi connectivity index (χ0v) is 11.9. The van der Waals surface area contributed by atoms with E-state index in [4.69, 9.17) is 4.42 Å². The van der Waals surface area contributed by atoms with Crippen molar-refractivity contribution in [3.63, 3.8) is 0 Å². The van der Waals surface area contributed by atoms with Crippen LogP contribution in [0, 0.1) is 0 Å². The smallest absolute Gasteiger partial charge is 0.194 e.